The first kappa shape index (κ1) is 14.3. The molecule has 1 aromatic carbocycles. The first-order valence-electron chi connectivity index (χ1n) is 6.19. The summed E-state index contributed by atoms with van der Waals surface area (Å²) in [6.45, 7) is 2.14. The summed E-state index contributed by atoms with van der Waals surface area (Å²) in [7, 11) is 0. The molecule has 0 bridgehead atoms. The van der Waals surface area contributed by atoms with Crippen molar-refractivity contribution in [2.24, 2.45) is 5.73 Å². The topological polar surface area (TPSA) is 63.3 Å². The number of rotatable bonds is 5. The van der Waals surface area contributed by atoms with Gasteiger partial charge in [0.15, 0.2) is 0 Å². The SMILES string of the molecule is CCCCC#Cc1ccc(C[C@H](N)C(=O)O)cc1. The standard InChI is InChI=1S/C15H19NO2/c1-2-3-4-5-6-12-7-9-13(10-8-12)11-14(16)15(17)18/h7-10,14H,2-4,11,16H2,1H3,(H,17,18)/t14-/m0/s1. The molecule has 0 aliphatic rings. The van der Waals surface area contributed by atoms with Crippen LogP contribution in [-0.2, 0) is 11.2 Å². The van der Waals surface area contributed by atoms with Gasteiger partial charge in [-0.25, -0.2) is 0 Å². The van der Waals surface area contributed by atoms with Gasteiger partial charge in [0.05, 0.1) is 0 Å². The van der Waals surface area contributed by atoms with Gasteiger partial charge in [-0.1, -0.05) is 37.3 Å². The predicted octanol–water partition coefficient (Wildman–Crippen LogP) is 2.18. The molecule has 0 heterocycles. The minimum absolute atomic E-state index is 0.346. The zero-order chi connectivity index (χ0) is 13.4. The number of carbonyl (C=O) groups is 1. The number of unbranched alkanes of at least 4 members (excludes halogenated alkanes) is 2. The number of hydrogen-bond acceptors (Lipinski definition) is 2. The Hall–Kier alpha value is -1.79. The van der Waals surface area contributed by atoms with E-state index in [-0.39, 0.29) is 0 Å². The third kappa shape index (κ3) is 5.03. The van der Waals surface area contributed by atoms with Gasteiger partial charge in [-0.05, 0) is 30.5 Å². The molecular formula is C15H19NO2. The number of carboxylic acids is 1. The van der Waals surface area contributed by atoms with Crippen LogP contribution in [0.5, 0.6) is 0 Å². The number of aliphatic carboxylic acids is 1. The highest BCUT2D eigenvalue weighted by atomic mass is 16.4. The molecule has 0 radical (unpaired) electrons. The average molecular weight is 245 g/mol. The molecule has 1 atom stereocenters. The molecule has 0 saturated carbocycles. The van der Waals surface area contributed by atoms with E-state index in [0.29, 0.717) is 6.42 Å². The van der Waals surface area contributed by atoms with Crippen molar-refractivity contribution >= 4 is 5.97 Å². The van der Waals surface area contributed by atoms with Gasteiger partial charge in [-0.15, -0.1) is 0 Å². The van der Waals surface area contributed by atoms with Crippen molar-refractivity contribution in [2.45, 2.75) is 38.6 Å². The van der Waals surface area contributed by atoms with E-state index in [1.54, 1.807) is 0 Å². The van der Waals surface area contributed by atoms with Crippen molar-refractivity contribution in [2.75, 3.05) is 0 Å². The molecule has 18 heavy (non-hydrogen) atoms. The summed E-state index contributed by atoms with van der Waals surface area (Å²) in [5, 5.41) is 8.72. The summed E-state index contributed by atoms with van der Waals surface area (Å²) < 4.78 is 0. The predicted molar refractivity (Wildman–Crippen MR) is 72.2 cm³/mol. The number of benzene rings is 1. The first-order valence-corrected chi connectivity index (χ1v) is 6.19. The Morgan fingerprint density at radius 3 is 2.61 bits per heavy atom. The summed E-state index contributed by atoms with van der Waals surface area (Å²) in [4.78, 5) is 10.6. The Kier molecular flexibility index (Phi) is 5.96. The van der Waals surface area contributed by atoms with Crippen molar-refractivity contribution in [3.05, 3.63) is 35.4 Å². The van der Waals surface area contributed by atoms with Crippen molar-refractivity contribution in [1.29, 1.82) is 0 Å². The lowest BCUT2D eigenvalue weighted by Gasteiger charge is -2.05. The van der Waals surface area contributed by atoms with E-state index >= 15 is 0 Å². The molecular weight excluding hydrogens is 226 g/mol. The Bertz CT molecular complexity index is 440. The second-order valence-electron chi connectivity index (χ2n) is 4.25. The lowest BCUT2D eigenvalue weighted by Crippen LogP contribution is -2.32. The minimum Gasteiger partial charge on any atom is -0.480 e. The fourth-order valence-electron chi connectivity index (χ4n) is 1.50. The van der Waals surface area contributed by atoms with Crippen LogP contribution in [0.2, 0.25) is 0 Å². The van der Waals surface area contributed by atoms with Crippen LogP contribution in [0.3, 0.4) is 0 Å². The van der Waals surface area contributed by atoms with Crippen molar-refractivity contribution < 1.29 is 9.90 Å². The summed E-state index contributed by atoms with van der Waals surface area (Å²) in [6, 6.07) is 6.73. The van der Waals surface area contributed by atoms with Crippen molar-refractivity contribution in [3.63, 3.8) is 0 Å². The lowest BCUT2D eigenvalue weighted by atomic mass is 10.0. The Morgan fingerprint density at radius 2 is 2.06 bits per heavy atom. The van der Waals surface area contributed by atoms with Crippen LogP contribution >= 0.6 is 0 Å². The maximum atomic E-state index is 10.6. The fourth-order valence-corrected chi connectivity index (χ4v) is 1.50. The number of hydrogen-bond donors (Lipinski definition) is 2. The van der Waals surface area contributed by atoms with E-state index in [0.717, 1.165) is 30.4 Å². The third-order valence-electron chi connectivity index (χ3n) is 2.61. The highest BCUT2D eigenvalue weighted by Gasteiger charge is 2.11. The maximum Gasteiger partial charge on any atom is 0.320 e. The van der Waals surface area contributed by atoms with E-state index < -0.39 is 12.0 Å². The smallest absolute Gasteiger partial charge is 0.320 e. The molecule has 0 amide bonds. The van der Waals surface area contributed by atoms with Crippen LogP contribution in [0, 0.1) is 11.8 Å². The summed E-state index contributed by atoms with van der Waals surface area (Å²) in [5.41, 5.74) is 7.35. The van der Waals surface area contributed by atoms with Gasteiger partial charge < -0.3 is 10.8 Å². The highest BCUT2D eigenvalue weighted by molar-refractivity contribution is 5.73. The van der Waals surface area contributed by atoms with E-state index in [1.807, 2.05) is 24.3 Å². The molecule has 3 heteroatoms. The van der Waals surface area contributed by atoms with Crippen molar-refractivity contribution in [1.82, 2.24) is 0 Å². The van der Waals surface area contributed by atoms with Gasteiger partial charge in [0, 0.05) is 12.0 Å². The molecule has 0 unspecified atom stereocenters. The van der Waals surface area contributed by atoms with Gasteiger partial charge in [0.25, 0.3) is 0 Å². The molecule has 96 valence electrons. The van der Waals surface area contributed by atoms with Gasteiger partial charge >= 0.3 is 5.97 Å². The van der Waals surface area contributed by atoms with Crippen LogP contribution in [0.1, 0.15) is 37.3 Å². The molecule has 0 spiro atoms. The second kappa shape index (κ2) is 7.52. The van der Waals surface area contributed by atoms with Crippen LogP contribution < -0.4 is 5.73 Å². The average Bonchev–Trinajstić information content (AvgIpc) is 2.36. The molecule has 3 N–H and O–H groups in total. The zero-order valence-corrected chi connectivity index (χ0v) is 10.6. The third-order valence-corrected chi connectivity index (χ3v) is 2.61. The van der Waals surface area contributed by atoms with Crippen LogP contribution in [-0.4, -0.2) is 17.1 Å². The quantitative estimate of drug-likeness (QED) is 0.617. The number of carboxylic acid groups (broad SMARTS) is 1. The molecule has 0 saturated heterocycles. The highest BCUT2D eigenvalue weighted by Crippen LogP contribution is 2.06. The van der Waals surface area contributed by atoms with E-state index in [2.05, 4.69) is 18.8 Å². The van der Waals surface area contributed by atoms with Crippen LogP contribution in [0.4, 0.5) is 0 Å². The summed E-state index contributed by atoms with van der Waals surface area (Å²) in [5.74, 6) is 5.22. The molecule has 0 aliphatic heterocycles. The molecule has 3 nitrogen and oxygen atoms in total. The molecule has 1 aromatic rings. The summed E-state index contributed by atoms with van der Waals surface area (Å²) >= 11 is 0. The monoisotopic (exact) mass is 245 g/mol. The maximum absolute atomic E-state index is 10.6. The van der Waals surface area contributed by atoms with E-state index in [9.17, 15) is 4.79 Å². The zero-order valence-electron chi connectivity index (χ0n) is 10.6. The van der Waals surface area contributed by atoms with Crippen LogP contribution in [0.15, 0.2) is 24.3 Å². The van der Waals surface area contributed by atoms with Crippen LogP contribution in [0.25, 0.3) is 0 Å². The van der Waals surface area contributed by atoms with Gasteiger partial charge in [-0.3, -0.25) is 4.79 Å². The van der Waals surface area contributed by atoms with Gasteiger partial charge in [0.2, 0.25) is 0 Å². The summed E-state index contributed by atoms with van der Waals surface area (Å²) in [6.07, 6.45) is 3.54. The van der Waals surface area contributed by atoms with Gasteiger partial charge in [-0.2, -0.15) is 0 Å². The molecule has 0 aliphatic carbocycles. The largest absolute Gasteiger partial charge is 0.480 e. The van der Waals surface area contributed by atoms with Crippen molar-refractivity contribution in [3.8, 4) is 11.8 Å². The Morgan fingerprint density at radius 1 is 1.39 bits per heavy atom. The first-order chi connectivity index (χ1) is 8.63. The number of nitrogens with two attached hydrogens (primary N) is 1. The normalized spacial score (nSPS) is 11.4. The van der Waals surface area contributed by atoms with E-state index in [1.165, 1.54) is 0 Å². The fraction of sp³-hybridized carbons (Fsp3) is 0.400. The second-order valence-corrected chi connectivity index (χ2v) is 4.25. The minimum atomic E-state index is -0.974. The Balaban J connectivity index is 2.56. The lowest BCUT2D eigenvalue weighted by molar-refractivity contribution is -0.138. The van der Waals surface area contributed by atoms with Gasteiger partial charge in [0.1, 0.15) is 6.04 Å². The molecule has 0 fully saturated rings. The molecule has 0 aromatic heterocycles. The Labute approximate surface area is 108 Å². The van der Waals surface area contributed by atoms with E-state index in [4.69, 9.17) is 10.8 Å². The molecule has 1 rings (SSSR count).